The lowest BCUT2D eigenvalue weighted by Crippen LogP contribution is -2.22. The Morgan fingerprint density at radius 2 is 1.55 bits per heavy atom. The Morgan fingerprint density at radius 1 is 0.950 bits per heavy atom. The van der Waals surface area contributed by atoms with Gasteiger partial charge in [0.2, 0.25) is 0 Å². The molecule has 0 aliphatic carbocycles. The third-order valence-corrected chi connectivity index (χ3v) is 2.74. The summed E-state index contributed by atoms with van der Waals surface area (Å²) in [6.45, 7) is 0.563. The maximum Gasteiger partial charge on any atom is 0.454 e. The molecule has 0 saturated carbocycles. The molecule has 2 aromatic rings. The molecule has 20 heavy (non-hydrogen) atoms. The van der Waals surface area contributed by atoms with Crippen LogP contribution in [0.5, 0.6) is 0 Å². The number of anilines is 1. The van der Waals surface area contributed by atoms with Gasteiger partial charge in [0, 0.05) is 17.8 Å². The van der Waals surface area contributed by atoms with Crippen molar-refractivity contribution in [3.63, 3.8) is 0 Å². The largest absolute Gasteiger partial charge is 0.454 e. The molecule has 5 heteroatoms. The zero-order chi connectivity index (χ0) is 14.6. The van der Waals surface area contributed by atoms with Crippen LogP contribution >= 0.6 is 0 Å². The van der Waals surface area contributed by atoms with Gasteiger partial charge in [-0.3, -0.25) is 4.79 Å². The predicted molar refractivity (Wildman–Crippen MR) is 70.6 cm³/mol. The van der Waals surface area contributed by atoms with Crippen molar-refractivity contribution in [3.8, 4) is 0 Å². The minimum absolute atomic E-state index is 0.359. The van der Waals surface area contributed by atoms with Crippen LogP contribution in [-0.2, 0) is 6.54 Å². The van der Waals surface area contributed by atoms with Crippen molar-refractivity contribution in [1.82, 2.24) is 0 Å². The van der Waals surface area contributed by atoms with Gasteiger partial charge in [-0.25, -0.2) is 0 Å². The second-order valence-electron chi connectivity index (χ2n) is 4.24. The third kappa shape index (κ3) is 3.60. The van der Waals surface area contributed by atoms with Gasteiger partial charge in [-0.15, -0.1) is 0 Å². The van der Waals surface area contributed by atoms with Crippen LogP contribution in [0, 0.1) is 0 Å². The van der Waals surface area contributed by atoms with E-state index in [4.69, 9.17) is 0 Å². The second kappa shape index (κ2) is 5.77. The van der Waals surface area contributed by atoms with Gasteiger partial charge in [0.05, 0.1) is 0 Å². The summed E-state index contributed by atoms with van der Waals surface area (Å²) in [7, 11) is 0. The van der Waals surface area contributed by atoms with Gasteiger partial charge >= 0.3 is 6.18 Å². The quantitative estimate of drug-likeness (QED) is 0.856. The van der Waals surface area contributed by atoms with Crippen LogP contribution < -0.4 is 5.32 Å². The lowest BCUT2D eigenvalue weighted by Gasteiger charge is -2.08. The standard InChI is InChI=1S/C15H12F3NO/c16-15(17,18)14(20)12-6-8-13(9-7-12)19-10-11-4-2-1-3-5-11/h1-9,19H,10H2. The van der Waals surface area contributed by atoms with E-state index in [0.29, 0.717) is 12.2 Å². The average molecular weight is 279 g/mol. The van der Waals surface area contributed by atoms with Crippen LogP contribution in [0.25, 0.3) is 0 Å². The highest BCUT2D eigenvalue weighted by atomic mass is 19.4. The molecule has 0 aromatic heterocycles. The second-order valence-corrected chi connectivity index (χ2v) is 4.24. The fraction of sp³-hybridized carbons (Fsp3) is 0.133. The predicted octanol–water partition coefficient (Wildman–Crippen LogP) is 4.04. The Balaban J connectivity index is 2.00. The van der Waals surface area contributed by atoms with Crippen LogP contribution in [0.3, 0.4) is 0 Å². The highest BCUT2D eigenvalue weighted by molar-refractivity contribution is 6.00. The summed E-state index contributed by atoms with van der Waals surface area (Å²) in [5, 5.41) is 3.07. The molecule has 2 aromatic carbocycles. The van der Waals surface area contributed by atoms with Gasteiger partial charge in [-0.05, 0) is 29.8 Å². The molecule has 0 atom stereocenters. The molecule has 0 bridgehead atoms. The van der Waals surface area contributed by atoms with Gasteiger partial charge < -0.3 is 5.32 Å². The number of carbonyl (C=O) groups excluding carboxylic acids is 1. The fourth-order valence-electron chi connectivity index (χ4n) is 1.70. The molecule has 0 amide bonds. The summed E-state index contributed by atoms with van der Waals surface area (Å²) < 4.78 is 36.7. The van der Waals surface area contributed by atoms with E-state index >= 15 is 0 Å². The topological polar surface area (TPSA) is 29.1 Å². The van der Waals surface area contributed by atoms with Crippen LogP contribution in [0.2, 0.25) is 0 Å². The number of carbonyl (C=O) groups is 1. The minimum Gasteiger partial charge on any atom is -0.381 e. The SMILES string of the molecule is O=C(c1ccc(NCc2ccccc2)cc1)C(F)(F)F. The van der Waals surface area contributed by atoms with E-state index in [-0.39, 0.29) is 5.56 Å². The van der Waals surface area contributed by atoms with Gasteiger partial charge in [0.25, 0.3) is 5.78 Å². The van der Waals surface area contributed by atoms with E-state index < -0.39 is 12.0 Å². The van der Waals surface area contributed by atoms with Crippen molar-refractivity contribution in [1.29, 1.82) is 0 Å². The summed E-state index contributed by atoms with van der Waals surface area (Å²) in [4.78, 5) is 11.0. The smallest absolute Gasteiger partial charge is 0.381 e. The molecule has 0 saturated heterocycles. The first kappa shape index (κ1) is 14.1. The third-order valence-electron chi connectivity index (χ3n) is 2.74. The van der Waals surface area contributed by atoms with Crippen LogP contribution in [0.15, 0.2) is 54.6 Å². The van der Waals surface area contributed by atoms with Crippen molar-refractivity contribution in [3.05, 3.63) is 65.7 Å². The first-order valence-electron chi connectivity index (χ1n) is 5.96. The van der Waals surface area contributed by atoms with Crippen LogP contribution in [0.4, 0.5) is 18.9 Å². The fourth-order valence-corrected chi connectivity index (χ4v) is 1.70. The van der Waals surface area contributed by atoms with Crippen molar-refractivity contribution in [2.75, 3.05) is 5.32 Å². The summed E-state index contributed by atoms with van der Waals surface area (Å²) in [5.74, 6) is -1.83. The summed E-state index contributed by atoms with van der Waals surface area (Å²) >= 11 is 0. The van der Waals surface area contributed by atoms with Crippen LogP contribution in [-0.4, -0.2) is 12.0 Å². The van der Waals surface area contributed by atoms with E-state index in [1.165, 1.54) is 24.3 Å². The molecule has 0 radical (unpaired) electrons. The van der Waals surface area contributed by atoms with Crippen molar-refractivity contribution >= 4 is 11.5 Å². The number of Topliss-reactive ketones (excluding diaryl/α,β-unsaturated/α-hetero) is 1. The minimum atomic E-state index is -4.83. The van der Waals surface area contributed by atoms with E-state index in [0.717, 1.165) is 5.56 Å². The normalized spacial score (nSPS) is 11.2. The summed E-state index contributed by atoms with van der Waals surface area (Å²) in [6, 6.07) is 14.9. The average Bonchev–Trinajstić information content (AvgIpc) is 2.45. The number of hydrogen-bond acceptors (Lipinski definition) is 2. The molecule has 0 spiro atoms. The number of rotatable bonds is 4. The lowest BCUT2D eigenvalue weighted by atomic mass is 10.1. The number of ketones is 1. The first-order valence-corrected chi connectivity index (χ1v) is 5.96. The van der Waals surface area contributed by atoms with Crippen molar-refractivity contribution in [2.24, 2.45) is 0 Å². The van der Waals surface area contributed by atoms with Crippen molar-refractivity contribution < 1.29 is 18.0 Å². The van der Waals surface area contributed by atoms with Crippen molar-refractivity contribution in [2.45, 2.75) is 12.7 Å². The van der Waals surface area contributed by atoms with Gasteiger partial charge in [0.15, 0.2) is 0 Å². The number of benzene rings is 2. The van der Waals surface area contributed by atoms with E-state index in [9.17, 15) is 18.0 Å². The molecular weight excluding hydrogens is 267 g/mol. The Morgan fingerprint density at radius 3 is 2.10 bits per heavy atom. The molecule has 104 valence electrons. The molecule has 0 unspecified atom stereocenters. The summed E-state index contributed by atoms with van der Waals surface area (Å²) in [5.41, 5.74) is 1.36. The molecule has 2 nitrogen and oxygen atoms in total. The maximum atomic E-state index is 12.2. The molecular formula is C15H12F3NO. The number of hydrogen-bond donors (Lipinski definition) is 1. The number of alkyl halides is 3. The highest BCUT2D eigenvalue weighted by Crippen LogP contribution is 2.22. The number of halogens is 3. The molecule has 0 aliphatic rings. The lowest BCUT2D eigenvalue weighted by molar-refractivity contribution is -0.0885. The van der Waals surface area contributed by atoms with E-state index in [2.05, 4.69) is 5.32 Å². The van der Waals surface area contributed by atoms with Crippen LogP contribution in [0.1, 0.15) is 15.9 Å². The van der Waals surface area contributed by atoms with Gasteiger partial charge in [0.1, 0.15) is 0 Å². The Bertz CT molecular complexity index is 576. The molecule has 0 heterocycles. The number of nitrogens with one attached hydrogen (secondary N) is 1. The molecule has 0 fully saturated rings. The Kier molecular flexibility index (Phi) is 4.08. The van der Waals surface area contributed by atoms with Gasteiger partial charge in [-0.2, -0.15) is 13.2 Å². The molecule has 1 N–H and O–H groups in total. The zero-order valence-electron chi connectivity index (χ0n) is 10.4. The maximum absolute atomic E-state index is 12.2. The Hall–Kier alpha value is -2.30. The van der Waals surface area contributed by atoms with Gasteiger partial charge in [-0.1, -0.05) is 30.3 Å². The van der Waals surface area contributed by atoms with E-state index in [1.807, 2.05) is 30.3 Å². The monoisotopic (exact) mass is 279 g/mol. The zero-order valence-corrected chi connectivity index (χ0v) is 10.4. The Labute approximate surface area is 114 Å². The van der Waals surface area contributed by atoms with E-state index in [1.54, 1.807) is 0 Å². The first-order chi connectivity index (χ1) is 9.47. The highest BCUT2D eigenvalue weighted by Gasteiger charge is 2.39. The molecule has 2 rings (SSSR count). The summed E-state index contributed by atoms with van der Waals surface area (Å²) in [6.07, 6.45) is -4.83. The molecule has 0 aliphatic heterocycles.